The molecule has 0 aliphatic rings. The normalized spacial score (nSPS) is 10.5. The molecule has 2 rings (SSSR count). The maximum Gasteiger partial charge on any atom is 0.168 e. The van der Waals surface area contributed by atoms with Crippen molar-refractivity contribution in [1.29, 1.82) is 0 Å². The van der Waals surface area contributed by atoms with Crippen molar-refractivity contribution in [3.63, 3.8) is 0 Å². The Bertz CT molecular complexity index is 528. The second-order valence-corrected chi connectivity index (χ2v) is 4.50. The van der Waals surface area contributed by atoms with Crippen molar-refractivity contribution in [2.45, 2.75) is 26.4 Å². The summed E-state index contributed by atoms with van der Waals surface area (Å²) in [6, 6.07) is 11.4. The second kappa shape index (κ2) is 6.15. The number of nitrogens with two attached hydrogens (primary N) is 1. The van der Waals surface area contributed by atoms with Crippen LogP contribution < -0.4 is 16.0 Å². The summed E-state index contributed by atoms with van der Waals surface area (Å²) < 4.78 is 5.63. The molecule has 0 saturated heterocycles. The third-order valence-electron chi connectivity index (χ3n) is 2.64. The van der Waals surface area contributed by atoms with Crippen molar-refractivity contribution in [3.05, 3.63) is 47.9 Å². The van der Waals surface area contributed by atoms with Crippen LogP contribution in [-0.2, 0) is 6.61 Å². The van der Waals surface area contributed by atoms with Gasteiger partial charge in [0.1, 0.15) is 18.2 Å². The van der Waals surface area contributed by atoms with Gasteiger partial charge in [0.05, 0.1) is 0 Å². The highest BCUT2D eigenvalue weighted by atomic mass is 16.5. The zero-order chi connectivity index (χ0) is 13.7. The highest BCUT2D eigenvalue weighted by Gasteiger charge is 2.07. The number of ether oxygens (including phenoxy) is 1. The molecule has 0 aliphatic heterocycles. The van der Waals surface area contributed by atoms with E-state index in [2.05, 4.69) is 29.2 Å². The number of para-hydroxylation sites is 1. The van der Waals surface area contributed by atoms with Crippen molar-refractivity contribution in [2.75, 3.05) is 5.43 Å². The van der Waals surface area contributed by atoms with E-state index >= 15 is 0 Å². The van der Waals surface area contributed by atoms with Gasteiger partial charge < -0.3 is 10.2 Å². The third-order valence-corrected chi connectivity index (χ3v) is 2.64. The molecular formula is C14H18N4O. The number of rotatable bonds is 5. The van der Waals surface area contributed by atoms with Crippen LogP contribution in [0.5, 0.6) is 5.75 Å². The molecule has 1 aromatic heterocycles. The Morgan fingerprint density at radius 2 is 1.95 bits per heavy atom. The molecule has 100 valence electrons. The van der Waals surface area contributed by atoms with Crippen LogP contribution in [0.3, 0.4) is 0 Å². The Labute approximate surface area is 112 Å². The van der Waals surface area contributed by atoms with Crippen LogP contribution >= 0.6 is 0 Å². The number of hydrogen-bond acceptors (Lipinski definition) is 5. The topological polar surface area (TPSA) is 73.1 Å². The zero-order valence-electron chi connectivity index (χ0n) is 11.1. The summed E-state index contributed by atoms with van der Waals surface area (Å²) in [6.07, 6.45) is 0. The largest absolute Gasteiger partial charge is 0.486 e. The van der Waals surface area contributed by atoms with E-state index in [0.29, 0.717) is 24.2 Å². The molecule has 0 amide bonds. The molecule has 0 radical (unpaired) electrons. The lowest BCUT2D eigenvalue weighted by Gasteiger charge is -2.10. The number of nitrogens with zero attached hydrogens (tertiary/aromatic N) is 2. The Morgan fingerprint density at radius 1 is 1.21 bits per heavy atom. The van der Waals surface area contributed by atoms with Gasteiger partial charge in [-0.05, 0) is 18.1 Å². The Hall–Kier alpha value is -2.14. The van der Waals surface area contributed by atoms with E-state index in [0.717, 1.165) is 11.4 Å². The quantitative estimate of drug-likeness (QED) is 0.636. The fraction of sp³-hybridized carbons (Fsp3) is 0.286. The number of hydrogen-bond donors (Lipinski definition) is 2. The molecule has 3 N–H and O–H groups in total. The minimum atomic E-state index is 0.311. The fourth-order valence-electron chi connectivity index (χ4n) is 1.62. The summed E-state index contributed by atoms with van der Waals surface area (Å²) in [7, 11) is 0. The Balaban J connectivity index is 2.13. The van der Waals surface area contributed by atoms with Gasteiger partial charge in [-0.1, -0.05) is 32.0 Å². The molecule has 0 fully saturated rings. The molecule has 0 atom stereocenters. The molecule has 0 unspecified atom stereocenters. The van der Waals surface area contributed by atoms with E-state index in [4.69, 9.17) is 10.6 Å². The fourth-order valence-corrected chi connectivity index (χ4v) is 1.62. The molecule has 0 saturated carbocycles. The van der Waals surface area contributed by atoms with Gasteiger partial charge in [0.15, 0.2) is 5.82 Å². The molecule has 5 nitrogen and oxygen atoms in total. The summed E-state index contributed by atoms with van der Waals surface area (Å²) in [5.41, 5.74) is 3.49. The molecular weight excluding hydrogens is 240 g/mol. The van der Waals surface area contributed by atoms with Crippen molar-refractivity contribution < 1.29 is 4.74 Å². The van der Waals surface area contributed by atoms with E-state index in [9.17, 15) is 0 Å². The summed E-state index contributed by atoms with van der Waals surface area (Å²) in [5.74, 6) is 7.74. The van der Waals surface area contributed by atoms with Crippen LogP contribution in [-0.4, -0.2) is 9.97 Å². The summed E-state index contributed by atoms with van der Waals surface area (Å²) in [5, 5.41) is 0. The van der Waals surface area contributed by atoms with Crippen LogP contribution in [0.25, 0.3) is 0 Å². The van der Waals surface area contributed by atoms with Crippen molar-refractivity contribution >= 4 is 5.82 Å². The van der Waals surface area contributed by atoms with E-state index in [1.807, 2.05) is 36.4 Å². The molecule has 0 spiro atoms. The van der Waals surface area contributed by atoms with E-state index in [-0.39, 0.29) is 0 Å². The third kappa shape index (κ3) is 3.66. The zero-order valence-corrected chi connectivity index (χ0v) is 11.1. The first-order valence-corrected chi connectivity index (χ1v) is 6.21. The van der Waals surface area contributed by atoms with E-state index in [1.165, 1.54) is 0 Å². The van der Waals surface area contributed by atoms with E-state index in [1.54, 1.807) is 0 Å². The molecule has 5 heteroatoms. The average molecular weight is 258 g/mol. The van der Waals surface area contributed by atoms with Crippen LogP contribution in [0.4, 0.5) is 5.82 Å². The predicted molar refractivity (Wildman–Crippen MR) is 74.7 cm³/mol. The van der Waals surface area contributed by atoms with Gasteiger partial charge in [-0.3, -0.25) is 0 Å². The van der Waals surface area contributed by atoms with Crippen LogP contribution in [0.15, 0.2) is 36.4 Å². The molecule has 0 aliphatic carbocycles. The first kappa shape index (κ1) is 13.3. The minimum Gasteiger partial charge on any atom is -0.486 e. The highest BCUT2D eigenvalue weighted by molar-refractivity contribution is 5.35. The molecule has 0 bridgehead atoms. The highest BCUT2D eigenvalue weighted by Crippen LogP contribution is 2.16. The van der Waals surface area contributed by atoms with Gasteiger partial charge in [-0.15, -0.1) is 0 Å². The first-order chi connectivity index (χ1) is 9.19. The van der Waals surface area contributed by atoms with Crippen molar-refractivity contribution in [3.8, 4) is 5.75 Å². The SMILES string of the molecule is CC(C)c1cc(NN)nc(COc2ccccc2)n1. The lowest BCUT2D eigenvalue weighted by atomic mass is 10.1. The average Bonchev–Trinajstić information content (AvgIpc) is 2.45. The minimum absolute atomic E-state index is 0.311. The summed E-state index contributed by atoms with van der Waals surface area (Å²) >= 11 is 0. The van der Waals surface area contributed by atoms with Gasteiger partial charge >= 0.3 is 0 Å². The Morgan fingerprint density at radius 3 is 2.58 bits per heavy atom. The van der Waals surface area contributed by atoms with Gasteiger partial charge in [0.25, 0.3) is 0 Å². The van der Waals surface area contributed by atoms with Gasteiger partial charge in [0, 0.05) is 11.8 Å². The smallest absolute Gasteiger partial charge is 0.168 e. The summed E-state index contributed by atoms with van der Waals surface area (Å²) in [4.78, 5) is 8.74. The van der Waals surface area contributed by atoms with Crippen LogP contribution in [0.1, 0.15) is 31.3 Å². The van der Waals surface area contributed by atoms with Crippen molar-refractivity contribution in [2.24, 2.45) is 5.84 Å². The van der Waals surface area contributed by atoms with Crippen LogP contribution in [0.2, 0.25) is 0 Å². The number of aromatic nitrogens is 2. The van der Waals surface area contributed by atoms with Gasteiger partial charge in [-0.2, -0.15) is 0 Å². The van der Waals surface area contributed by atoms with E-state index < -0.39 is 0 Å². The number of benzene rings is 1. The first-order valence-electron chi connectivity index (χ1n) is 6.21. The Kier molecular flexibility index (Phi) is 4.30. The second-order valence-electron chi connectivity index (χ2n) is 4.50. The maximum absolute atomic E-state index is 5.63. The molecule has 2 aromatic rings. The van der Waals surface area contributed by atoms with Crippen LogP contribution in [0, 0.1) is 0 Å². The number of hydrazine groups is 1. The molecule has 19 heavy (non-hydrogen) atoms. The standard InChI is InChI=1S/C14H18N4O/c1-10(2)12-8-13(18-15)17-14(16-12)9-19-11-6-4-3-5-7-11/h3-8,10H,9,15H2,1-2H3,(H,16,17,18). The molecule has 1 aromatic carbocycles. The number of anilines is 1. The lowest BCUT2D eigenvalue weighted by Crippen LogP contribution is -2.13. The summed E-state index contributed by atoms with van der Waals surface area (Å²) in [6.45, 7) is 4.47. The number of nitrogen functional groups attached to an aromatic ring is 1. The molecule has 1 heterocycles. The lowest BCUT2D eigenvalue weighted by molar-refractivity contribution is 0.295. The number of nitrogens with one attached hydrogen (secondary N) is 1. The monoisotopic (exact) mass is 258 g/mol. The van der Waals surface area contributed by atoms with Gasteiger partial charge in [-0.25, -0.2) is 15.8 Å². The van der Waals surface area contributed by atoms with Crippen molar-refractivity contribution in [1.82, 2.24) is 9.97 Å². The van der Waals surface area contributed by atoms with Gasteiger partial charge in [0.2, 0.25) is 0 Å². The predicted octanol–water partition coefficient (Wildman–Crippen LogP) is 2.46. The maximum atomic E-state index is 5.63.